The monoisotopic (exact) mass is 324 g/mol. The average Bonchev–Trinajstić information content (AvgIpc) is 2.88. The molecule has 0 saturated heterocycles. The van der Waals surface area contributed by atoms with Crippen molar-refractivity contribution in [2.45, 2.75) is 6.04 Å². The van der Waals surface area contributed by atoms with Crippen LogP contribution in [0.5, 0.6) is 0 Å². The van der Waals surface area contributed by atoms with Crippen LogP contribution in [0, 0.1) is 5.82 Å². The first-order chi connectivity index (χ1) is 10.1. The van der Waals surface area contributed by atoms with Crippen LogP contribution in [0.4, 0.5) is 4.39 Å². The summed E-state index contributed by atoms with van der Waals surface area (Å²) in [5.41, 5.74) is 3.37. The molecule has 0 aliphatic rings. The van der Waals surface area contributed by atoms with Crippen molar-refractivity contribution in [3.05, 3.63) is 69.7 Å². The van der Waals surface area contributed by atoms with Crippen molar-refractivity contribution in [2.75, 3.05) is 0 Å². The summed E-state index contributed by atoms with van der Waals surface area (Å²) in [5.74, 6) is 5.62. The normalized spacial score (nSPS) is 12.8. The van der Waals surface area contributed by atoms with E-state index in [4.69, 9.17) is 33.5 Å². The van der Waals surface area contributed by atoms with Gasteiger partial charge in [-0.2, -0.15) is 0 Å². The van der Waals surface area contributed by atoms with E-state index in [0.29, 0.717) is 26.8 Å². The van der Waals surface area contributed by atoms with Crippen molar-refractivity contribution < 1.29 is 8.81 Å². The Kier molecular flexibility index (Phi) is 3.87. The molecule has 3 nitrogen and oxygen atoms in total. The minimum Gasteiger partial charge on any atom is -0.456 e. The summed E-state index contributed by atoms with van der Waals surface area (Å²) in [6, 6.07) is 11.0. The summed E-state index contributed by atoms with van der Waals surface area (Å²) >= 11 is 12.4. The van der Waals surface area contributed by atoms with Crippen LogP contribution >= 0.6 is 23.2 Å². The van der Waals surface area contributed by atoms with Crippen molar-refractivity contribution in [3.63, 3.8) is 0 Å². The minimum absolute atomic E-state index is 0.177. The molecule has 108 valence electrons. The first-order valence-electron chi connectivity index (χ1n) is 6.20. The fraction of sp³-hybridized carbons (Fsp3) is 0.0667. The first kappa shape index (κ1) is 14.4. The van der Waals surface area contributed by atoms with Crippen molar-refractivity contribution in [1.82, 2.24) is 5.43 Å². The standard InChI is InChI=1S/C15H11Cl2FN2O/c16-9-4-2-5-10(17)13(9)14(20-19)12-7-8-3-1-6-11(18)15(8)21-12/h1-7,14,20H,19H2. The third kappa shape index (κ3) is 2.51. The van der Waals surface area contributed by atoms with Gasteiger partial charge in [0.1, 0.15) is 11.8 Å². The summed E-state index contributed by atoms with van der Waals surface area (Å²) in [7, 11) is 0. The lowest BCUT2D eigenvalue weighted by Crippen LogP contribution is -2.29. The van der Waals surface area contributed by atoms with Crippen molar-refractivity contribution in [3.8, 4) is 0 Å². The van der Waals surface area contributed by atoms with Crippen LogP contribution in [0.15, 0.2) is 46.9 Å². The molecule has 3 N–H and O–H groups in total. The van der Waals surface area contributed by atoms with Gasteiger partial charge < -0.3 is 4.42 Å². The van der Waals surface area contributed by atoms with E-state index in [-0.39, 0.29) is 5.58 Å². The number of fused-ring (bicyclic) bond motifs is 1. The van der Waals surface area contributed by atoms with E-state index in [2.05, 4.69) is 5.43 Å². The zero-order chi connectivity index (χ0) is 15.0. The van der Waals surface area contributed by atoms with E-state index in [1.165, 1.54) is 6.07 Å². The molecule has 1 unspecified atom stereocenters. The number of halogens is 3. The number of benzene rings is 2. The summed E-state index contributed by atoms with van der Waals surface area (Å²) in [6.07, 6.45) is 0. The Balaban J connectivity index is 2.16. The van der Waals surface area contributed by atoms with Gasteiger partial charge in [-0.05, 0) is 24.3 Å². The number of hydrogen-bond acceptors (Lipinski definition) is 3. The lowest BCUT2D eigenvalue weighted by atomic mass is 10.0. The Morgan fingerprint density at radius 3 is 2.38 bits per heavy atom. The van der Waals surface area contributed by atoms with Crippen molar-refractivity contribution in [2.24, 2.45) is 5.84 Å². The van der Waals surface area contributed by atoms with Crippen LogP contribution in [-0.4, -0.2) is 0 Å². The van der Waals surface area contributed by atoms with Gasteiger partial charge in [-0.25, -0.2) is 9.82 Å². The average molecular weight is 325 g/mol. The maximum atomic E-state index is 13.7. The number of hydrazine groups is 1. The van der Waals surface area contributed by atoms with E-state index in [9.17, 15) is 4.39 Å². The molecule has 0 radical (unpaired) electrons. The second-order valence-corrected chi connectivity index (χ2v) is 5.36. The van der Waals surface area contributed by atoms with Gasteiger partial charge in [0.2, 0.25) is 0 Å². The first-order valence-corrected chi connectivity index (χ1v) is 6.95. The van der Waals surface area contributed by atoms with Gasteiger partial charge in [-0.1, -0.05) is 41.4 Å². The number of furan rings is 1. The zero-order valence-corrected chi connectivity index (χ0v) is 12.3. The van der Waals surface area contributed by atoms with Crippen molar-refractivity contribution >= 4 is 34.2 Å². The van der Waals surface area contributed by atoms with Gasteiger partial charge >= 0.3 is 0 Å². The predicted octanol–water partition coefficient (Wildman–Crippen LogP) is 4.43. The number of para-hydroxylation sites is 1. The Bertz CT molecular complexity index is 783. The summed E-state index contributed by atoms with van der Waals surface area (Å²) in [5, 5.41) is 1.55. The van der Waals surface area contributed by atoms with Gasteiger partial charge in [0.05, 0.1) is 0 Å². The molecule has 1 heterocycles. The second kappa shape index (κ2) is 5.66. The van der Waals surface area contributed by atoms with E-state index < -0.39 is 11.9 Å². The molecule has 0 saturated carbocycles. The fourth-order valence-electron chi connectivity index (χ4n) is 2.28. The maximum Gasteiger partial charge on any atom is 0.169 e. The van der Waals surface area contributed by atoms with Crippen LogP contribution in [-0.2, 0) is 0 Å². The van der Waals surface area contributed by atoms with Gasteiger partial charge in [0, 0.05) is 21.0 Å². The van der Waals surface area contributed by atoms with E-state index in [0.717, 1.165) is 0 Å². The smallest absolute Gasteiger partial charge is 0.169 e. The number of nitrogens with one attached hydrogen (secondary N) is 1. The SMILES string of the molecule is NNC(c1cc2cccc(F)c2o1)c1c(Cl)cccc1Cl. The highest BCUT2D eigenvalue weighted by molar-refractivity contribution is 6.36. The Hall–Kier alpha value is -1.59. The van der Waals surface area contributed by atoms with E-state index in [1.807, 2.05) is 0 Å². The van der Waals surface area contributed by atoms with Gasteiger partial charge in [0.25, 0.3) is 0 Å². The minimum atomic E-state index is -0.571. The summed E-state index contributed by atoms with van der Waals surface area (Å²) in [6.45, 7) is 0. The molecule has 0 aliphatic heterocycles. The quantitative estimate of drug-likeness (QED) is 0.553. The zero-order valence-electron chi connectivity index (χ0n) is 10.7. The fourth-order valence-corrected chi connectivity index (χ4v) is 2.90. The van der Waals surface area contributed by atoms with Gasteiger partial charge in [0.15, 0.2) is 11.4 Å². The molecule has 1 atom stereocenters. The van der Waals surface area contributed by atoms with Crippen LogP contribution in [0.3, 0.4) is 0 Å². The highest BCUT2D eigenvalue weighted by atomic mass is 35.5. The highest BCUT2D eigenvalue weighted by Crippen LogP contribution is 2.36. The van der Waals surface area contributed by atoms with Crippen molar-refractivity contribution in [1.29, 1.82) is 0 Å². The van der Waals surface area contributed by atoms with Crippen LogP contribution in [0.1, 0.15) is 17.4 Å². The largest absolute Gasteiger partial charge is 0.456 e. The number of hydrogen-bond donors (Lipinski definition) is 2. The third-order valence-electron chi connectivity index (χ3n) is 3.25. The highest BCUT2D eigenvalue weighted by Gasteiger charge is 2.23. The molecule has 2 aromatic carbocycles. The van der Waals surface area contributed by atoms with Gasteiger partial charge in [-0.15, -0.1) is 0 Å². The Morgan fingerprint density at radius 2 is 1.76 bits per heavy atom. The van der Waals surface area contributed by atoms with E-state index >= 15 is 0 Å². The predicted molar refractivity (Wildman–Crippen MR) is 81.8 cm³/mol. The van der Waals surface area contributed by atoms with Crippen LogP contribution in [0.25, 0.3) is 11.0 Å². The molecule has 0 spiro atoms. The summed E-state index contributed by atoms with van der Waals surface area (Å²) in [4.78, 5) is 0. The molecule has 3 aromatic rings. The van der Waals surface area contributed by atoms with Crippen LogP contribution < -0.4 is 11.3 Å². The number of nitrogens with two attached hydrogens (primary N) is 1. The maximum absolute atomic E-state index is 13.7. The summed E-state index contributed by atoms with van der Waals surface area (Å²) < 4.78 is 19.3. The molecule has 0 aliphatic carbocycles. The Morgan fingerprint density at radius 1 is 1.10 bits per heavy atom. The van der Waals surface area contributed by atoms with E-state index in [1.54, 1.807) is 36.4 Å². The second-order valence-electron chi connectivity index (χ2n) is 4.54. The molecule has 6 heteroatoms. The lowest BCUT2D eigenvalue weighted by Gasteiger charge is -2.16. The van der Waals surface area contributed by atoms with Gasteiger partial charge in [-0.3, -0.25) is 5.84 Å². The third-order valence-corrected chi connectivity index (χ3v) is 3.91. The Labute approximate surface area is 130 Å². The molecular weight excluding hydrogens is 314 g/mol. The van der Waals surface area contributed by atoms with Crippen LogP contribution in [0.2, 0.25) is 10.0 Å². The lowest BCUT2D eigenvalue weighted by molar-refractivity contribution is 0.465. The molecule has 0 bridgehead atoms. The molecule has 0 amide bonds. The topological polar surface area (TPSA) is 51.2 Å². The molecule has 3 rings (SSSR count). The number of rotatable bonds is 3. The molecule has 21 heavy (non-hydrogen) atoms. The molecular formula is C15H11Cl2FN2O. The molecule has 1 aromatic heterocycles. The molecule has 0 fully saturated rings.